The molecule has 3 rings (SSSR count). The summed E-state index contributed by atoms with van der Waals surface area (Å²) in [5.41, 5.74) is 1.29. The van der Waals surface area contributed by atoms with Gasteiger partial charge in [-0.25, -0.2) is 0 Å². The van der Waals surface area contributed by atoms with E-state index in [1.807, 2.05) is 0 Å². The molecule has 0 saturated heterocycles. The van der Waals surface area contributed by atoms with E-state index in [0.29, 0.717) is 43.7 Å². The first kappa shape index (κ1) is 17.5. The van der Waals surface area contributed by atoms with E-state index < -0.39 is 0 Å². The molecule has 3 aromatic rings. The number of ether oxygens (including phenoxy) is 3. The third-order valence-corrected chi connectivity index (χ3v) is 4.40. The number of pyridine rings is 1. The maximum atomic E-state index is 13.0. The molecule has 0 amide bonds. The lowest BCUT2D eigenvalue weighted by Gasteiger charge is -2.14. The molecule has 1 N–H and O–H groups in total. The fourth-order valence-corrected chi connectivity index (χ4v) is 3.20. The highest BCUT2D eigenvalue weighted by Crippen LogP contribution is 2.37. The van der Waals surface area contributed by atoms with Gasteiger partial charge in [0.25, 0.3) is 0 Å². The molecule has 0 radical (unpaired) electrons. The maximum absolute atomic E-state index is 13.0. The topological polar surface area (TPSA) is 60.6 Å². The Hall–Kier alpha value is -2.37. The normalized spacial score (nSPS) is 10.8. The van der Waals surface area contributed by atoms with E-state index in [9.17, 15) is 4.79 Å². The van der Waals surface area contributed by atoms with Gasteiger partial charge in [0, 0.05) is 22.7 Å². The van der Waals surface area contributed by atoms with Crippen LogP contribution in [0, 0.1) is 0 Å². The highest BCUT2D eigenvalue weighted by Gasteiger charge is 2.20. The van der Waals surface area contributed by atoms with E-state index >= 15 is 0 Å². The van der Waals surface area contributed by atoms with Crippen molar-refractivity contribution in [3.63, 3.8) is 0 Å². The number of fused-ring (bicyclic) bond motifs is 1. The van der Waals surface area contributed by atoms with Crippen LogP contribution in [0.2, 0.25) is 10.0 Å². The summed E-state index contributed by atoms with van der Waals surface area (Å²) in [7, 11) is 4.46. The molecule has 0 spiro atoms. The van der Waals surface area contributed by atoms with Crippen LogP contribution in [0.4, 0.5) is 0 Å². The summed E-state index contributed by atoms with van der Waals surface area (Å²) in [6.45, 7) is 0. The van der Waals surface area contributed by atoms with Crippen LogP contribution in [0.3, 0.4) is 0 Å². The monoisotopic (exact) mass is 379 g/mol. The average Bonchev–Trinajstić information content (AvgIpc) is 2.60. The molecule has 130 valence electrons. The number of benzene rings is 2. The zero-order valence-corrected chi connectivity index (χ0v) is 15.3. The number of aromatic nitrogens is 1. The van der Waals surface area contributed by atoms with Crippen LogP contribution in [0.15, 0.2) is 35.1 Å². The number of H-pyrrole nitrogens is 1. The minimum atomic E-state index is -0.309. The number of hydrogen-bond donors (Lipinski definition) is 1. The third kappa shape index (κ3) is 3.01. The fourth-order valence-electron chi connectivity index (χ4n) is 2.70. The van der Waals surface area contributed by atoms with E-state index in [-0.39, 0.29) is 11.2 Å². The van der Waals surface area contributed by atoms with Gasteiger partial charge in [-0.2, -0.15) is 0 Å². The molecule has 5 nitrogen and oxygen atoms in total. The Morgan fingerprint density at radius 1 is 0.960 bits per heavy atom. The van der Waals surface area contributed by atoms with Crippen LogP contribution in [-0.4, -0.2) is 26.3 Å². The van der Waals surface area contributed by atoms with Crippen LogP contribution in [0.1, 0.15) is 0 Å². The molecular weight excluding hydrogens is 365 g/mol. The van der Waals surface area contributed by atoms with Gasteiger partial charge >= 0.3 is 0 Å². The van der Waals surface area contributed by atoms with Gasteiger partial charge < -0.3 is 19.2 Å². The summed E-state index contributed by atoms with van der Waals surface area (Å²) in [5.74, 6) is 1.08. The van der Waals surface area contributed by atoms with Crippen molar-refractivity contribution in [1.29, 1.82) is 0 Å². The smallest absolute Gasteiger partial charge is 0.235 e. The number of nitrogens with one attached hydrogen (secondary N) is 1. The second kappa shape index (κ2) is 6.86. The molecule has 25 heavy (non-hydrogen) atoms. The Morgan fingerprint density at radius 2 is 1.72 bits per heavy atom. The minimum absolute atomic E-state index is 0.139. The van der Waals surface area contributed by atoms with Gasteiger partial charge in [0.2, 0.25) is 5.43 Å². The van der Waals surface area contributed by atoms with Crippen molar-refractivity contribution in [3.05, 3.63) is 50.6 Å². The van der Waals surface area contributed by atoms with E-state index in [0.717, 1.165) is 0 Å². The summed E-state index contributed by atoms with van der Waals surface area (Å²) in [5, 5.41) is 1.27. The zero-order chi connectivity index (χ0) is 18.1. The molecule has 1 heterocycles. The molecule has 0 saturated carbocycles. The zero-order valence-electron chi connectivity index (χ0n) is 13.8. The van der Waals surface area contributed by atoms with Crippen LogP contribution in [0.25, 0.3) is 22.2 Å². The molecule has 2 aromatic carbocycles. The molecule has 0 unspecified atom stereocenters. The second-order valence-corrected chi connectivity index (χ2v) is 6.08. The molecule has 0 bridgehead atoms. The molecule has 0 fully saturated rings. The van der Waals surface area contributed by atoms with Crippen LogP contribution >= 0.6 is 23.2 Å². The summed E-state index contributed by atoms with van der Waals surface area (Å²) in [6, 6.07) is 8.38. The Balaban J connectivity index is 2.42. The first-order valence-electron chi connectivity index (χ1n) is 7.31. The Kier molecular flexibility index (Phi) is 4.79. The van der Waals surface area contributed by atoms with Crippen LogP contribution in [-0.2, 0) is 0 Å². The van der Waals surface area contributed by atoms with Crippen molar-refractivity contribution in [2.75, 3.05) is 21.3 Å². The van der Waals surface area contributed by atoms with Crippen molar-refractivity contribution in [2.45, 2.75) is 0 Å². The van der Waals surface area contributed by atoms with Crippen molar-refractivity contribution in [1.82, 2.24) is 4.98 Å². The summed E-state index contributed by atoms with van der Waals surface area (Å²) in [6.07, 6.45) is 0. The van der Waals surface area contributed by atoms with E-state index in [4.69, 9.17) is 37.4 Å². The molecule has 0 aliphatic carbocycles. The van der Waals surface area contributed by atoms with Crippen molar-refractivity contribution < 1.29 is 14.2 Å². The predicted octanol–water partition coefficient (Wildman–Crippen LogP) is 4.53. The highest BCUT2D eigenvalue weighted by molar-refractivity contribution is 6.36. The highest BCUT2D eigenvalue weighted by atomic mass is 35.5. The molecule has 1 aromatic heterocycles. The largest absolute Gasteiger partial charge is 0.497 e. The summed E-state index contributed by atoms with van der Waals surface area (Å²) in [4.78, 5) is 16.2. The lowest BCUT2D eigenvalue weighted by molar-refractivity contribution is 0.396. The predicted molar refractivity (Wildman–Crippen MR) is 99.7 cm³/mol. The van der Waals surface area contributed by atoms with Crippen molar-refractivity contribution in [3.8, 4) is 28.5 Å². The molecule has 7 heteroatoms. The van der Waals surface area contributed by atoms with Crippen LogP contribution in [0.5, 0.6) is 17.2 Å². The maximum Gasteiger partial charge on any atom is 0.235 e. The summed E-state index contributed by atoms with van der Waals surface area (Å²) < 4.78 is 16.0. The summed E-state index contributed by atoms with van der Waals surface area (Å²) >= 11 is 12.3. The molecule has 0 aliphatic rings. The average molecular weight is 380 g/mol. The second-order valence-electron chi connectivity index (χ2n) is 5.24. The van der Waals surface area contributed by atoms with Gasteiger partial charge in [-0.1, -0.05) is 23.2 Å². The van der Waals surface area contributed by atoms with Gasteiger partial charge in [-0.3, -0.25) is 4.79 Å². The molecule has 0 atom stereocenters. The third-order valence-electron chi connectivity index (χ3n) is 3.86. The molecular formula is C18H15Cl2NO4. The Morgan fingerprint density at radius 3 is 2.32 bits per heavy atom. The lowest BCUT2D eigenvalue weighted by Crippen LogP contribution is -2.11. The number of aromatic amines is 1. The number of halogens is 2. The molecule has 0 aliphatic heterocycles. The fraction of sp³-hybridized carbons (Fsp3) is 0.167. The first-order valence-corrected chi connectivity index (χ1v) is 8.07. The van der Waals surface area contributed by atoms with Gasteiger partial charge in [0.1, 0.15) is 11.5 Å². The Bertz CT molecular complexity index is 1010. The van der Waals surface area contributed by atoms with Gasteiger partial charge in [0.15, 0.2) is 5.75 Å². The lowest BCUT2D eigenvalue weighted by atomic mass is 10.1. The number of hydrogen-bond acceptors (Lipinski definition) is 4. The number of rotatable bonds is 4. The first-order chi connectivity index (χ1) is 12.0. The van der Waals surface area contributed by atoms with Crippen molar-refractivity contribution >= 4 is 34.1 Å². The minimum Gasteiger partial charge on any atom is -0.497 e. The van der Waals surface area contributed by atoms with Gasteiger partial charge in [-0.05, 0) is 18.2 Å². The van der Waals surface area contributed by atoms with E-state index in [1.54, 1.807) is 37.4 Å². The quantitative estimate of drug-likeness (QED) is 0.723. The van der Waals surface area contributed by atoms with Crippen LogP contribution < -0.4 is 19.6 Å². The number of methoxy groups -OCH3 is 3. The van der Waals surface area contributed by atoms with Gasteiger partial charge in [-0.15, -0.1) is 0 Å². The SMILES string of the molecule is COc1cc(OC)c2c(=O)c(OC)c(-c3ccc(Cl)cc3Cl)[nH]c2c1. The van der Waals surface area contributed by atoms with E-state index in [2.05, 4.69) is 4.98 Å². The standard InChI is InChI=1S/C18H15Cl2NO4/c1-23-10-7-13-15(14(8-10)24-2)17(22)18(25-3)16(21-13)11-5-4-9(19)6-12(11)20/h4-8H,1-3H3,(H,21,22). The van der Waals surface area contributed by atoms with E-state index in [1.165, 1.54) is 14.2 Å². The van der Waals surface area contributed by atoms with Gasteiger partial charge in [0.05, 0.1) is 42.9 Å². The Labute approximate surface area is 154 Å². The van der Waals surface area contributed by atoms with Crippen molar-refractivity contribution in [2.24, 2.45) is 0 Å².